The van der Waals surface area contributed by atoms with Crippen LogP contribution in [0.4, 0.5) is 0 Å². The molecule has 0 radical (unpaired) electrons. The third-order valence-electron chi connectivity index (χ3n) is 1.73. The number of H-pyrrole nitrogens is 1. The molecule has 0 bridgehead atoms. The van der Waals surface area contributed by atoms with E-state index in [9.17, 15) is 4.79 Å². The van der Waals surface area contributed by atoms with Crippen LogP contribution in [0.15, 0.2) is 26.9 Å². The van der Waals surface area contributed by atoms with Gasteiger partial charge < -0.3 is 4.98 Å². The lowest BCUT2D eigenvalue weighted by Crippen LogP contribution is -2.11. The van der Waals surface area contributed by atoms with E-state index in [1.807, 2.05) is 12.1 Å². The average molecular weight is 282 g/mol. The van der Waals surface area contributed by atoms with Crippen molar-refractivity contribution in [2.45, 2.75) is 0 Å². The van der Waals surface area contributed by atoms with Gasteiger partial charge in [0.15, 0.2) is 0 Å². The first-order valence-corrected chi connectivity index (χ1v) is 5.57. The molecule has 0 fully saturated rings. The number of nitriles is 1. The number of aromatic amines is 1. The predicted molar refractivity (Wildman–Crippen MR) is 60.6 cm³/mol. The Morgan fingerprint density at radius 3 is 2.87 bits per heavy atom. The van der Waals surface area contributed by atoms with Crippen LogP contribution in [0, 0.1) is 11.3 Å². The van der Waals surface area contributed by atoms with E-state index in [1.54, 1.807) is 6.07 Å². The first-order valence-electron chi connectivity index (χ1n) is 3.96. The van der Waals surface area contributed by atoms with E-state index in [0.29, 0.717) is 5.82 Å². The molecule has 0 aliphatic heterocycles. The summed E-state index contributed by atoms with van der Waals surface area (Å²) >= 11 is 4.79. The van der Waals surface area contributed by atoms with E-state index >= 15 is 0 Å². The SMILES string of the molecule is N#Cc1cnc(-c2ccc(Br)s2)[nH]c1=O. The summed E-state index contributed by atoms with van der Waals surface area (Å²) in [5.74, 6) is 0.481. The van der Waals surface area contributed by atoms with E-state index < -0.39 is 5.56 Å². The van der Waals surface area contributed by atoms with Crippen LogP contribution in [0.2, 0.25) is 0 Å². The van der Waals surface area contributed by atoms with Crippen molar-refractivity contribution in [3.63, 3.8) is 0 Å². The van der Waals surface area contributed by atoms with Crippen molar-refractivity contribution in [1.82, 2.24) is 9.97 Å². The first-order chi connectivity index (χ1) is 7.20. The zero-order valence-corrected chi connectivity index (χ0v) is 9.72. The van der Waals surface area contributed by atoms with Gasteiger partial charge in [-0.3, -0.25) is 4.79 Å². The Morgan fingerprint density at radius 2 is 2.33 bits per heavy atom. The normalized spacial score (nSPS) is 9.87. The average Bonchev–Trinajstić information content (AvgIpc) is 2.65. The lowest BCUT2D eigenvalue weighted by molar-refractivity contribution is 1.12. The monoisotopic (exact) mass is 281 g/mol. The minimum absolute atomic E-state index is 0.0226. The van der Waals surface area contributed by atoms with Crippen LogP contribution in [0.1, 0.15) is 5.56 Å². The molecule has 0 saturated carbocycles. The van der Waals surface area contributed by atoms with Crippen LogP contribution in [0.25, 0.3) is 10.7 Å². The third kappa shape index (κ3) is 1.98. The highest BCUT2D eigenvalue weighted by Gasteiger charge is 2.05. The molecule has 1 N–H and O–H groups in total. The zero-order chi connectivity index (χ0) is 10.8. The van der Waals surface area contributed by atoms with Crippen molar-refractivity contribution < 1.29 is 0 Å². The molecular formula is C9H4BrN3OS. The number of halogens is 1. The Kier molecular flexibility index (Phi) is 2.66. The fraction of sp³-hybridized carbons (Fsp3) is 0. The van der Waals surface area contributed by atoms with E-state index in [1.165, 1.54) is 17.5 Å². The fourth-order valence-corrected chi connectivity index (χ4v) is 2.38. The smallest absolute Gasteiger partial charge is 0.269 e. The van der Waals surface area contributed by atoms with Gasteiger partial charge in [0.25, 0.3) is 5.56 Å². The minimum Gasteiger partial charge on any atom is -0.305 e. The molecule has 6 heteroatoms. The van der Waals surface area contributed by atoms with Crippen LogP contribution < -0.4 is 5.56 Å². The minimum atomic E-state index is -0.410. The maximum atomic E-state index is 11.3. The van der Waals surface area contributed by atoms with Crippen LogP contribution in [0.5, 0.6) is 0 Å². The van der Waals surface area contributed by atoms with Gasteiger partial charge in [-0.05, 0) is 28.1 Å². The number of hydrogen-bond acceptors (Lipinski definition) is 4. The Morgan fingerprint density at radius 1 is 1.53 bits per heavy atom. The lowest BCUT2D eigenvalue weighted by atomic mass is 10.3. The number of hydrogen-bond donors (Lipinski definition) is 1. The summed E-state index contributed by atoms with van der Waals surface area (Å²) in [5.41, 5.74) is -0.388. The Bertz CT molecular complexity index is 596. The summed E-state index contributed by atoms with van der Waals surface area (Å²) in [6.45, 7) is 0. The summed E-state index contributed by atoms with van der Waals surface area (Å²) in [4.78, 5) is 18.7. The summed E-state index contributed by atoms with van der Waals surface area (Å²) in [7, 11) is 0. The zero-order valence-electron chi connectivity index (χ0n) is 7.32. The fourth-order valence-electron chi connectivity index (χ4n) is 1.04. The van der Waals surface area contributed by atoms with E-state index in [0.717, 1.165) is 8.66 Å². The standard InChI is InChI=1S/C9H4BrN3OS/c10-7-2-1-6(15-7)8-12-4-5(3-11)9(14)13-8/h1-2,4H,(H,12,13,14). The lowest BCUT2D eigenvalue weighted by Gasteiger charge is -1.95. The molecule has 74 valence electrons. The molecule has 0 spiro atoms. The van der Waals surface area contributed by atoms with E-state index in [4.69, 9.17) is 5.26 Å². The molecular weight excluding hydrogens is 278 g/mol. The molecule has 0 atom stereocenters. The molecule has 0 aliphatic carbocycles. The number of rotatable bonds is 1. The molecule has 2 aromatic heterocycles. The van der Waals surface area contributed by atoms with Crippen LogP contribution >= 0.6 is 27.3 Å². The highest BCUT2D eigenvalue weighted by Crippen LogP contribution is 2.28. The number of nitrogens with zero attached hydrogens (tertiary/aromatic N) is 2. The van der Waals surface area contributed by atoms with Crippen molar-refractivity contribution >= 4 is 27.3 Å². The van der Waals surface area contributed by atoms with Gasteiger partial charge in [0.1, 0.15) is 17.5 Å². The maximum Gasteiger partial charge on any atom is 0.269 e. The predicted octanol–water partition coefficient (Wildman–Crippen LogP) is 2.13. The van der Waals surface area contributed by atoms with Crippen LogP contribution in [0.3, 0.4) is 0 Å². The maximum absolute atomic E-state index is 11.3. The van der Waals surface area contributed by atoms with Crippen molar-refractivity contribution in [3.8, 4) is 16.8 Å². The number of thiophene rings is 1. The molecule has 0 amide bonds. The van der Waals surface area contributed by atoms with E-state index in [2.05, 4.69) is 25.9 Å². The Hall–Kier alpha value is -1.45. The number of aromatic nitrogens is 2. The molecule has 0 saturated heterocycles. The highest BCUT2D eigenvalue weighted by atomic mass is 79.9. The largest absolute Gasteiger partial charge is 0.305 e. The van der Waals surface area contributed by atoms with Crippen molar-refractivity contribution in [3.05, 3.63) is 38.0 Å². The second-order valence-corrected chi connectivity index (χ2v) is 5.15. The second-order valence-electron chi connectivity index (χ2n) is 2.69. The molecule has 2 aromatic rings. The van der Waals surface area contributed by atoms with Gasteiger partial charge in [0, 0.05) is 0 Å². The van der Waals surface area contributed by atoms with Gasteiger partial charge in [-0.2, -0.15) is 5.26 Å². The number of nitrogens with one attached hydrogen (secondary N) is 1. The molecule has 0 aromatic carbocycles. The second kappa shape index (κ2) is 3.96. The topological polar surface area (TPSA) is 69.5 Å². The van der Waals surface area contributed by atoms with Crippen LogP contribution in [-0.2, 0) is 0 Å². The Labute approximate surface area is 97.4 Å². The quantitative estimate of drug-likeness (QED) is 0.871. The van der Waals surface area contributed by atoms with Gasteiger partial charge in [-0.15, -0.1) is 11.3 Å². The summed E-state index contributed by atoms with van der Waals surface area (Å²) < 4.78 is 0.963. The van der Waals surface area contributed by atoms with Gasteiger partial charge in [-0.25, -0.2) is 4.98 Å². The first kappa shape index (κ1) is 10.1. The van der Waals surface area contributed by atoms with E-state index in [-0.39, 0.29) is 5.56 Å². The molecule has 15 heavy (non-hydrogen) atoms. The van der Waals surface area contributed by atoms with Crippen LogP contribution in [-0.4, -0.2) is 9.97 Å². The Balaban J connectivity index is 2.53. The molecule has 0 aliphatic rings. The summed E-state index contributed by atoms with van der Waals surface area (Å²) in [6, 6.07) is 5.49. The summed E-state index contributed by atoms with van der Waals surface area (Å²) in [5, 5.41) is 8.57. The highest BCUT2D eigenvalue weighted by molar-refractivity contribution is 9.11. The van der Waals surface area contributed by atoms with Gasteiger partial charge in [-0.1, -0.05) is 0 Å². The van der Waals surface area contributed by atoms with Gasteiger partial charge in [0.05, 0.1) is 14.9 Å². The molecule has 2 heterocycles. The molecule has 2 rings (SSSR count). The van der Waals surface area contributed by atoms with Crippen molar-refractivity contribution in [2.75, 3.05) is 0 Å². The van der Waals surface area contributed by atoms with Crippen molar-refractivity contribution in [1.29, 1.82) is 5.26 Å². The molecule has 4 nitrogen and oxygen atoms in total. The van der Waals surface area contributed by atoms with Gasteiger partial charge in [0.2, 0.25) is 0 Å². The molecule has 0 unspecified atom stereocenters. The summed E-state index contributed by atoms with van der Waals surface area (Å²) in [6.07, 6.45) is 1.28. The van der Waals surface area contributed by atoms with Crippen molar-refractivity contribution in [2.24, 2.45) is 0 Å². The van der Waals surface area contributed by atoms with Gasteiger partial charge >= 0.3 is 0 Å². The third-order valence-corrected chi connectivity index (χ3v) is 3.36.